The van der Waals surface area contributed by atoms with Crippen LogP contribution in [0.3, 0.4) is 0 Å². The zero-order chi connectivity index (χ0) is 13.7. The van der Waals surface area contributed by atoms with Crippen LogP contribution in [0.15, 0.2) is 49.3 Å². The number of allylic oxidation sites excluding steroid dienone is 1. The Bertz CT molecular complexity index is 589. The fourth-order valence-electron chi connectivity index (χ4n) is 1.73. The minimum absolute atomic E-state index is 0.0923. The molecule has 0 aliphatic carbocycles. The average Bonchev–Trinajstić information content (AvgIpc) is 2.77. The maximum atomic E-state index is 11.0. The fraction of sp³-hybridized carbons (Fsp3) is 0.143. The molecule has 5 nitrogen and oxygen atoms in total. The summed E-state index contributed by atoms with van der Waals surface area (Å²) in [5, 5.41) is 5.95. The lowest BCUT2D eigenvalue weighted by Crippen LogP contribution is -2.06. The standard InChI is InChI=1S/C14H16N4O/c1-3-8-18-9-7-15-14(18)17-13-6-4-5-12(10-13)16-11(2)19/h3-7,9-10H,1,8H2,2H3,(H,15,17)(H,16,19). The molecule has 0 atom stereocenters. The number of nitrogens with one attached hydrogen (secondary N) is 2. The van der Waals surface area contributed by atoms with Crippen molar-refractivity contribution in [2.75, 3.05) is 10.6 Å². The van der Waals surface area contributed by atoms with E-state index in [1.54, 1.807) is 12.3 Å². The topological polar surface area (TPSA) is 59.0 Å². The van der Waals surface area contributed by atoms with Gasteiger partial charge in [0.25, 0.3) is 0 Å². The van der Waals surface area contributed by atoms with Crippen molar-refractivity contribution in [1.29, 1.82) is 0 Å². The van der Waals surface area contributed by atoms with E-state index in [1.807, 2.05) is 35.0 Å². The van der Waals surface area contributed by atoms with E-state index in [9.17, 15) is 4.79 Å². The molecule has 1 amide bonds. The van der Waals surface area contributed by atoms with Gasteiger partial charge in [-0.15, -0.1) is 6.58 Å². The predicted octanol–water partition coefficient (Wildman–Crippen LogP) is 2.77. The third-order valence-electron chi connectivity index (χ3n) is 2.48. The van der Waals surface area contributed by atoms with Gasteiger partial charge in [-0.25, -0.2) is 4.98 Å². The van der Waals surface area contributed by atoms with E-state index in [-0.39, 0.29) is 5.91 Å². The second-order valence-electron chi connectivity index (χ2n) is 4.08. The minimum Gasteiger partial charge on any atom is -0.326 e. The van der Waals surface area contributed by atoms with Crippen LogP contribution in [0.4, 0.5) is 17.3 Å². The number of rotatable bonds is 5. The molecule has 5 heteroatoms. The van der Waals surface area contributed by atoms with Crippen molar-refractivity contribution in [3.05, 3.63) is 49.3 Å². The first-order chi connectivity index (χ1) is 9.19. The summed E-state index contributed by atoms with van der Waals surface area (Å²) in [5.74, 6) is 0.644. The van der Waals surface area contributed by atoms with Crippen LogP contribution in [0.25, 0.3) is 0 Å². The molecule has 0 unspecified atom stereocenters. The average molecular weight is 256 g/mol. The summed E-state index contributed by atoms with van der Waals surface area (Å²) in [6, 6.07) is 7.48. The maximum absolute atomic E-state index is 11.0. The molecule has 1 aromatic heterocycles. The number of aromatic nitrogens is 2. The Balaban J connectivity index is 2.16. The summed E-state index contributed by atoms with van der Waals surface area (Å²) in [7, 11) is 0. The molecule has 0 aliphatic rings. The van der Waals surface area contributed by atoms with Crippen LogP contribution in [-0.4, -0.2) is 15.5 Å². The first-order valence-corrected chi connectivity index (χ1v) is 5.96. The van der Waals surface area contributed by atoms with E-state index >= 15 is 0 Å². The van der Waals surface area contributed by atoms with Gasteiger partial charge in [-0.3, -0.25) is 4.79 Å². The lowest BCUT2D eigenvalue weighted by molar-refractivity contribution is -0.114. The van der Waals surface area contributed by atoms with Crippen LogP contribution in [-0.2, 0) is 11.3 Å². The number of amides is 1. The monoisotopic (exact) mass is 256 g/mol. The molecule has 0 saturated carbocycles. The maximum Gasteiger partial charge on any atom is 0.221 e. The fourth-order valence-corrected chi connectivity index (χ4v) is 1.73. The number of benzene rings is 1. The highest BCUT2D eigenvalue weighted by Crippen LogP contribution is 2.19. The minimum atomic E-state index is -0.0923. The number of nitrogens with zero attached hydrogens (tertiary/aromatic N) is 2. The van der Waals surface area contributed by atoms with Gasteiger partial charge in [-0.2, -0.15) is 0 Å². The van der Waals surface area contributed by atoms with Gasteiger partial charge in [-0.1, -0.05) is 12.1 Å². The first kappa shape index (κ1) is 12.9. The van der Waals surface area contributed by atoms with E-state index in [0.29, 0.717) is 6.54 Å². The van der Waals surface area contributed by atoms with Gasteiger partial charge in [0, 0.05) is 37.2 Å². The van der Waals surface area contributed by atoms with Crippen molar-refractivity contribution >= 4 is 23.2 Å². The molecule has 98 valence electrons. The van der Waals surface area contributed by atoms with Gasteiger partial charge < -0.3 is 15.2 Å². The normalized spacial score (nSPS) is 9.95. The lowest BCUT2D eigenvalue weighted by atomic mass is 10.3. The second-order valence-corrected chi connectivity index (χ2v) is 4.08. The van der Waals surface area contributed by atoms with Gasteiger partial charge in [0.05, 0.1) is 0 Å². The van der Waals surface area contributed by atoms with E-state index in [4.69, 9.17) is 0 Å². The summed E-state index contributed by atoms with van der Waals surface area (Å²) in [6.45, 7) is 5.88. The summed E-state index contributed by atoms with van der Waals surface area (Å²) in [4.78, 5) is 15.3. The number of hydrogen-bond acceptors (Lipinski definition) is 3. The molecular formula is C14H16N4O. The molecular weight excluding hydrogens is 240 g/mol. The zero-order valence-electron chi connectivity index (χ0n) is 10.8. The molecule has 2 N–H and O–H groups in total. The number of carbonyl (C=O) groups excluding carboxylic acids is 1. The quantitative estimate of drug-likeness (QED) is 0.809. The smallest absolute Gasteiger partial charge is 0.221 e. The van der Waals surface area contributed by atoms with Gasteiger partial charge in [0.2, 0.25) is 11.9 Å². The van der Waals surface area contributed by atoms with Crippen molar-refractivity contribution in [1.82, 2.24) is 9.55 Å². The molecule has 0 aliphatic heterocycles. The third kappa shape index (κ3) is 3.45. The van der Waals surface area contributed by atoms with Crippen molar-refractivity contribution in [2.24, 2.45) is 0 Å². The largest absolute Gasteiger partial charge is 0.326 e. The first-order valence-electron chi connectivity index (χ1n) is 5.96. The lowest BCUT2D eigenvalue weighted by Gasteiger charge is -2.09. The van der Waals surface area contributed by atoms with Crippen LogP contribution < -0.4 is 10.6 Å². The van der Waals surface area contributed by atoms with E-state index in [1.165, 1.54) is 6.92 Å². The number of anilines is 3. The molecule has 0 fully saturated rings. The van der Waals surface area contributed by atoms with Crippen LogP contribution in [0.1, 0.15) is 6.92 Å². The Kier molecular flexibility index (Phi) is 3.97. The van der Waals surface area contributed by atoms with Gasteiger partial charge >= 0.3 is 0 Å². The summed E-state index contributed by atoms with van der Waals surface area (Å²) >= 11 is 0. The van der Waals surface area contributed by atoms with Gasteiger partial charge in [-0.05, 0) is 18.2 Å². The molecule has 1 aromatic carbocycles. The molecule has 0 radical (unpaired) electrons. The van der Waals surface area contributed by atoms with E-state index < -0.39 is 0 Å². The molecule has 2 aromatic rings. The highest BCUT2D eigenvalue weighted by Gasteiger charge is 2.03. The Labute approximate surface area is 112 Å². The molecule has 0 bridgehead atoms. The summed E-state index contributed by atoms with van der Waals surface area (Å²) in [6.07, 6.45) is 5.41. The molecule has 1 heterocycles. The van der Waals surface area contributed by atoms with Crippen LogP contribution in [0, 0.1) is 0 Å². The summed E-state index contributed by atoms with van der Waals surface area (Å²) < 4.78 is 1.94. The SMILES string of the molecule is C=CCn1ccnc1Nc1cccc(NC(C)=O)c1. The van der Waals surface area contributed by atoms with E-state index in [2.05, 4.69) is 22.2 Å². The highest BCUT2D eigenvalue weighted by molar-refractivity contribution is 5.89. The van der Waals surface area contributed by atoms with Crippen LogP contribution in [0.2, 0.25) is 0 Å². The predicted molar refractivity (Wildman–Crippen MR) is 76.5 cm³/mol. The van der Waals surface area contributed by atoms with Gasteiger partial charge in [0.15, 0.2) is 0 Å². The van der Waals surface area contributed by atoms with E-state index in [0.717, 1.165) is 17.3 Å². The van der Waals surface area contributed by atoms with Crippen molar-refractivity contribution in [3.8, 4) is 0 Å². The Hall–Kier alpha value is -2.56. The number of hydrogen-bond donors (Lipinski definition) is 2. The number of carbonyl (C=O) groups is 1. The Morgan fingerprint density at radius 2 is 2.26 bits per heavy atom. The number of imidazole rings is 1. The zero-order valence-corrected chi connectivity index (χ0v) is 10.8. The Morgan fingerprint density at radius 3 is 3.00 bits per heavy atom. The van der Waals surface area contributed by atoms with Crippen molar-refractivity contribution in [2.45, 2.75) is 13.5 Å². The molecule has 0 saturated heterocycles. The second kappa shape index (κ2) is 5.86. The molecule has 2 rings (SSSR count). The molecule has 0 spiro atoms. The highest BCUT2D eigenvalue weighted by atomic mass is 16.1. The van der Waals surface area contributed by atoms with Crippen LogP contribution >= 0.6 is 0 Å². The van der Waals surface area contributed by atoms with Crippen molar-refractivity contribution in [3.63, 3.8) is 0 Å². The Morgan fingerprint density at radius 1 is 1.47 bits per heavy atom. The summed E-state index contributed by atoms with van der Waals surface area (Å²) in [5.41, 5.74) is 1.61. The molecule has 19 heavy (non-hydrogen) atoms. The third-order valence-corrected chi connectivity index (χ3v) is 2.48. The van der Waals surface area contributed by atoms with Gasteiger partial charge in [0.1, 0.15) is 0 Å². The van der Waals surface area contributed by atoms with Crippen molar-refractivity contribution < 1.29 is 4.79 Å². The van der Waals surface area contributed by atoms with Crippen LogP contribution in [0.5, 0.6) is 0 Å².